The highest BCUT2D eigenvalue weighted by atomic mass is 32.2. The maximum absolute atomic E-state index is 10.6. The summed E-state index contributed by atoms with van der Waals surface area (Å²) in [6, 6.07) is 14.8. The van der Waals surface area contributed by atoms with E-state index in [9.17, 15) is 13.2 Å². The molecule has 1 fully saturated rings. The number of rotatable bonds is 2. The highest BCUT2D eigenvalue weighted by Gasteiger charge is 2.39. The van der Waals surface area contributed by atoms with Gasteiger partial charge in [-0.3, -0.25) is 0 Å². The van der Waals surface area contributed by atoms with E-state index in [2.05, 4.69) is 68.9 Å². The lowest BCUT2D eigenvalue weighted by atomic mass is 9.90. The quantitative estimate of drug-likeness (QED) is 0.491. The largest absolute Gasteiger partial charge is 0.490 e. The number of nitrogens with zero attached hydrogens (tertiary/aromatic N) is 3. The van der Waals surface area contributed by atoms with Gasteiger partial charge in [-0.1, -0.05) is 18.2 Å². The number of nitrogens with one attached hydrogen (secondary N) is 1. The number of fused-ring (bicyclic) bond motifs is 2. The number of carboxylic acids is 1. The predicted molar refractivity (Wildman–Crippen MR) is 128 cm³/mol. The summed E-state index contributed by atoms with van der Waals surface area (Å²) in [5, 5.41) is 11.9. The van der Waals surface area contributed by atoms with Gasteiger partial charge in [0.2, 0.25) is 0 Å². The Morgan fingerprint density at radius 2 is 1.89 bits per heavy atom. The molecule has 11 heteroatoms. The number of piperidine rings is 1. The van der Waals surface area contributed by atoms with Crippen molar-refractivity contribution in [2.24, 2.45) is 0 Å². The van der Waals surface area contributed by atoms with Gasteiger partial charge in [0.15, 0.2) is 0 Å². The molecule has 2 aromatic carbocycles. The van der Waals surface area contributed by atoms with E-state index in [1.54, 1.807) is 18.1 Å². The van der Waals surface area contributed by atoms with E-state index < -0.39 is 12.1 Å². The van der Waals surface area contributed by atoms with Crippen molar-refractivity contribution in [3.05, 3.63) is 54.4 Å². The lowest BCUT2D eigenvalue weighted by molar-refractivity contribution is -0.192. The molecule has 5 rings (SSSR count). The Morgan fingerprint density at radius 3 is 2.57 bits per heavy atom. The fourth-order valence-corrected chi connectivity index (χ4v) is 4.69. The molecule has 2 aliphatic rings. The molecule has 35 heavy (non-hydrogen) atoms. The molecule has 1 aromatic heterocycles. The second-order valence-electron chi connectivity index (χ2n) is 8.37. The van der Waals surface area contributed by atoms with Crippen LogP contribution in [-0.4, -0.2) is 58.7 Å². The molecule has 0 bridgehead atoms. The van der Waals surface area contributed by atoms with Crippen LogP contribution >= 0.6 is 11.8 Å². The molecule has 3 aromatic rings. The molecule has 0 atom stereocenters. The van der Waals surface area contributed by atoms with Gasteiger partial charge in [0.25, 0.3) is 0 Å². The second kappa shape index (κ2) is 10.3. The van der Waals surface area contributed by atoms with Crippen molar-refractivity contribution >= 4 is 34.5 Å². The van der Waals surface area contributed by atoms with Gasteiger partial charge in [-0.2, -0.15) is 13.2 Å². The molecule has 3 heterocycles. The molecule has 0 amide bonds. The molecule has 0 unspecified atom stereocenters. The van der Waals surface area contributed by atoms with Gasteiger partial charge in [0.1, 0.15) is 23.5 Å². The Kier molecular flexibility index (Phi) is 7.36. The third-order valence-electron chi connectivity index (χ3n) is 6.10. The van der Waals surface area contributed by atoms with E-state index in [4.69, 9.17) is 14.6 Å². The Hall–Kier alpha value is -3.05. The van der Waals surface area contributed by atoms with Gasteiger partial charge in [0.05, 0.1) is 5.52 Å². The molecule has 2 N–H and O–H groups in total. The van der Waals surface area contributed by atoms with Crippen LogP contribution in [0, 0.1) is 0 Å². The highest BCUT2D eigenvalue weighted by molar-refractivity contribution is 7.98. The summed E-state index contributed by atoms with van der Waals surface area (Å²) in [6.07, 6.45) is 0.647. The number of hydrogen-bond acceptors (Lipinski definition) is 7. The topological polar surface area (TPSA) is 87.6 Å². The molecule has 186 valence electrons. The van der Waals surface area contributed by atoms with Crippen molar-refractivity contribution < 1.29 is 27.8 Å². The summed E-state index contributed by atoms with van der Waals surface area (Å²) in [4.78, 5) is 21.6. The van der Waals surface area contributed by atoms with Crippen LogP contribution in [0.4, 0.5) is 19.0 Å². The van der Waals surface area contributed by atoms with Crippen molar-refractivity contribution in [2.75, 3.05) is 30.8 Å². The highest BCUT2D eigenvalue weighted by Crippen LogP contribution is 2.35. The fraction of sp³-hybridized carbons (Fsp3) is 0.375. The molecule has 0 saturated carbocycles. The van der Waals surface area contributed by atoms with Gasteiger partial charge in [0, 0.05) is 54.9 Å². The van der Waals surface area contributed by atoms with Gasteiger partial charge in [-0.25, -0.2) is 14.8 Å². The van der Waals surface area contributed by atoms with Gasteiger partial charge in [-0.05, 0) is 30.5 Å². The maximum Gasteiger partial charge on any atom is 0.490 e. The van der Waals surface area contributed by atoms with Crippen molar-refractivity contribution in [3.63, 3.8) is 0 Å². The van der Waals surface area contributed by atoms with Gasteiger partial charge < -0.3 is 20.1 Å². The number of alkyl halides is 3. The molecular weight excluding hydrogens is 481 g/mol. The molecule has 1 saturated heterocycles. The number of anilines is 1. The van der Waals surface area contributed by atoms with E-state index in [0.29, 0.717) is 0 Å². The summed E-state index contributed by atoms with van der Waals surface area (Å²) in [7, 11) is 0. The number of carbonyl (C=O) groups is 1. The van der Waals surface area contributed by atoms with E-state index in [1.165, 1.54) is 10.5 Å². The maximum atomic E-state index is 10.6. The molecule has 2 aliphatic heterocycles. The van der Waals surface area contributed by atoms with E-state index in [-0.39, 0.29) is 5.60 Å². The minimum Gasteiger partial charge on any atom is -0.485 e. The first-order valence-corrected chi connectivity index (χ1v) is 12.2. The van der Waals surface area contributed by atoms with Crippen molar-refractivity contribution in [2.45, 2.75) is 36.1 Å². The van der Waals surface area contributed by atoms with Crippen LogP contribution in [0.5, 0.6) is 5.75 Å². The minimum atomic E-state index is -5.08. The molecule has 7 nitrogen and oxygen atoms in total. The van der Waals surface area contributed by atoms with Crippen LogP contribution in [0.25, 0.3) is 10.9 Å². The number of benzene rings is 2. The van der Waals surface area contributed by atoms with Crippen LogP contribution in [0.3, 0.4) is 0 Å². The first-order valence-electron chi connectivity index (χ1n) is 11.0. The lowest BCUT2D eigenvalue weighted by Crippen LogP contribution is -2.52. The first kappa shape index (κ1) is 25.1. The molecule has 0 radical (unpaired) electrons. The third-order valence-corrected chi connectivity index (χ3v) is 6.83. The van der Waals surface area contributed by atoms with Gasteiger partial charge in [-0.15, -0.1) is 11.8 Å². The number of halogens is 3. The Balaban J connectivity index is 0.000000364. The zero-order valence-corrected chi connectivity index (χ0v) is 19.8. The summed E-state index contributed by atoms with van der Waals surface area (Å²) in [5.41, 5.74) is 2.11. The second-order valence-corrected chi connectivity index (χ2v) is 9.25. The lowest BCUT2D eigenvalue weighted by Gasteiger charge is -2.41. The van der Waals surface area contributed by atoms with Crippen LogP contribution in [0.15, 0.2) is 53.7 Å². The molecular formula is C24H25F3N4O3S. The Labute approximate surface area is 204 Å². The number of aliphatic carboxylic acids is 1. The Bertz CT molecular complexity index is 1200. The zero-order chi connectivity index (χ0) is 25.1. The summed E-state index contributed by atoms with van der Waals surface area (Å²) >= 11 is 1.75. The SMILES string of the molecule is CSc1ccc2ncnc(N3CCC4(CC3)CNCc3ccccc3O4)c2c1.O=C(O)C(F)(F)F. The van der Waals surface area contributed by atoms with Crippen LogP contribution < -0.4 is 15.0 Å². The monoisotopic (exact) mass is 506 g/mol. The van der Waals surface area contributed by atoms with Crippen LogP contribution in [-0.2, 0) is 11.3 Å². The van der Waals surface area contributed by atoms with Crippen LogP contribution in [0.1, 0.15) is 18.4 Å². The number of carboxylic acid groups (broad SMARTS) is 1. The smallest absolute Gasteiger partial charge is 0.485 e. The predicted octanol–water partition coefficient (Wildman–Crippen LogP) is 4.51. The first-order chi connectivity index (χ1) is 16.7. The Morgan fingerprint density at radius 1 is 1.17 bits per heavy atom. The third kappa shape index (κ3) is 5.79. The van der Waals surface area contributed by atoms with Gasteiger partial charge >= 0.3 is 12.1 Å². The number of aromatic nitrogens is 2. The zero-order valence-electron chi connectivity index (χ0n) is 19.0. The number of ether oxygens (including phenoxy) is 1. The standard InChI is InChI=1S/C22H24N4OS.C2HF3O2/c1-28-17-6-7-19-18(12-17)21(25-15-24-19)26-10-8-22(9-11-26)14-23-13-16-4-2-3-5-20(16)27-22;3-2(4,5)1(6)7/h2-7,12,15,23H,8-11,13-14H2,1H3;(H,6,7). The van der Waals surface area contributed by atoms with Crippen molar-refractivity contribution in [1.29, 1.82) is 0 Å². The van der Waals surface area contributed by atoms with Crippen molar-refractivity contribution in [3.8, 4) is 5.75 Å². The average Bonchev–Trinajstić information content (AvgIpc) is 3.02. The van der Waals surface area contributed by atoms with E-state index in [1.807, 2.05) is 0 Å². The molecule has 0 aliphatic carbocycles. The van der Waals surface area contributed by atoms with Crippen LogP contribution in [0.2, 0.25) is 0 Å². The average molecular weight is 507 g/mol. The van der Waals surface area contributed by atoms with E-state index in [0.717, 1.165) is 61.5 Å². The number of thioether (sulfide) groups is 1. The number of para-hydroxylation sites is 1. The minimum absolute atomic E-state index is 0.142. The number of hydrogen-bond donors (Lipinski definition) is 2. The normalized spacial score (nSPS) is 17.1. The van der Waals surface area contributed by atoms with E-state index >= 15 is 0 Å². The summed E-state index contributed by atoms with van der Waals surface area (Å²) in [6.45, 7) is 3.62. The molecule has 1 spiro atoms. The summed E-state index contributed by atoms with van der Waals surface area (Å²) in [5.74, 6) is -0.691. The fourth-order valence-electron chi connectivity index (χ4n) is 4.25. The van der Waals surface area contributed by atoms with Crippen molar-refractivity contribution in [1.82, 2.24) is 15.3 Å². The summed E-state index contributed by atoms with van der Waals surface area (Å²) < 4.78 is 38.3.